The Kier molecular flexibility index (Phi) is 5.51. The van der Waals surface area contributed by atoms with Gasteiger partial charge in [-0.15, -0.1) is 0 Å². The minimum absolute atomic E-state index is 0.0716. The van der Waals surface area contributed by atoms with E-state index in [9.17, 15) is 13.2 Å². The Balaban J connectivity index is 1.61. The number of amides is 2. The number of hydrogen-bond acceptors (Lipinski definition) is 4. The van der Waals surface area contributed by atoms with Gasteiger partial charge in [0.25, 0.3) is 0 Å². The molecular weight excluding hydrogens is 338 g/mol. The topological polar surface area (TPSA) is 69.7 Å². The molecule has 25 heavy (non-hydrogen) atoms. The number of hydrogen-bond donors (Lipinski definition) is 1. The van der Waals surface area contributed by atoms with Crippen LogP contribution in [0.25, 0.3) is 0 Å². The van der Waals surface area contributed by atoms with Gasteiger partial charge in [0, 0.05) is 37.1 Å². The van der Waals surface area contributed by atoms with Crippen LogP contribution in [0.15, 0.2) is 24.3 Å². The largest absolute Gasteiger partial charge is 0.372 e. The first-order valence-corrected chi connectivity index (χ1v) is 10.9. The van der Waals surface area contributed by atoms with E-state index in [4.69, 9.17) is 0 Å². The summed E-state index contributed by atoms with van der Waals surface area (Å²) in [5.41, 5.74) is 1.93. The zero-order valence-corrected chi connectivity index (χ0v) is 15.6. The third-order valence-corrected chi connectivity index (χ3v) is 6.84. The Morgan fingerprint density at radius 1 is 1.20 bits per heavy atom. The van der Waals surface area contributed by atoms with Gasteiger partial charge in [-0.1, -0.05) is 0 Å². The van der Waals surface area contributed by atoms with Gasteiger partial charge in [0.05, 0.1) is 11.5 Å². The van der Waals surface area contributed by atoms with Crippen LogP contribution < -0.4 is 10.2 Å². The van der Waals surface area contributed by atoms with E-state index < -0.39 is 9.84 Å². The quantitative estimate of drug-likeness (QED) is 0.891. The molecule has 0 saturated carbocycles. The molecule has 7 heteroatoms. The van der Waals surface area contributed by atoms with Crippen molar-refractivity contribution in [3.63, 3.8) is 0 Å². The molecule has 0 aromatic heterocycles. The number of sulfone groups is 1. The monoisotopic (exact) mass is 365 g/mol. The Morgan fingerprint density at radius 2 is 1.88 bits per heavy atom. The lowest BCUT2D eigenvalue weighted by molar-refractivity contribution is 0.197. The fourth-order valence-electron chi connectivity index (χ4n) is 3.69. The first-order chi connectivity index (χ1) is 12.0. The van der Waals surface area contributed by atoms with E-state index in [2.05, 4.69) is 10.2 Å². The maximum Gasteiger partial charge on any atom is 0.322 e. The Bertz CT molecular complexity index is 697. The average molecular weight is 365 g/mol. The van der Waals surface area contributed by atoms with Gasteiger partial charge in [-0.05, 0) is 56.9 Å². The summed E-state index contributed by atoms with van der Waals surface area (Å²) in [6.45, 7) is 4.55. The molecule has 1 atom stereocenters. The third kappa shape index (κ3) is 4.45. The number of carbonyl (C=O) groups is 1. The SMILES string of the molecule is CCN(C(=O)Nc1ccc(N2CCCCC2)cc1)C1CCS(=O)(=O)C1. The standard InChI is InChI=1S/C18H27N3O3S/c1-2-21(17-10-13-25(23,24)14-17)18(22)19-15-6-8-16(9-7-15)20-11-4-3-5-12-20/h6-9,17H,2-5,10-14H2,1H3,(H,19,22). The molecule has 2 aliphatic heterocycles. The van der Waals surface area contributed by atoms with Crippen molar-refractivity contribution in [1.29, 1.82) is 0 Å². The predicted octanol–water partition coefficient (Wildman–Crippen LogP) is 2.72. The number of nitrogens with zero attached hydrogens (tertiary/aromatic N) is 2. The highest BCUT2D eigenvalue weighted by atomic mass is 32.2. The second-order valence-electron chi connectivity index (χ2n) is 6.87. The summed E-state index contributed by atoms with van der Waals surface area (Å²) in [7, 11) is -3.00. The highest BCUT2D eigenvalue weighted by Gasteiger charge is 2.33. The van der Waals surface area contributed by atoms with Crippen molar-refractivity contribution in [3.8, 4) is 0 Å². The van der Waals surface area contributed by atoms with Gasteiger partial charge in [-0.2, -0.15) is 0 Å². The number of urea groups is 1. The first-order valence-electron chi connectivity index (χ1n) is 9.11. The molecule has 0 spiro atoms. The van der Waals surface area contributed by atoms with E-state index >= 15 is 0 Å². The number of rotatable bonds is 4. The molecule has 138 valence electrons. The highest BCUT2D eigenvalue weighted by molar-refractivity contribution is 7.91. The van der Waals surface area contributed by atoms with Crippen LogP contribution in [0.1, 0.15) is 32.6 Å². The van der Waals surface area contributed by atoms with Gasteiger partial charge < -0.3 is 15.1 Å². The van der Waals surface area contributed by atoms with Crippen molar-refractivity contribution < 1.29 is 13.2 Å². The average Bonchev–Trinajstić information content (AvgIpc) is 2.96. The van der Waals surface area contributed by atoms with Crippen molar-refractivity contribution in [2.24, 2.45) is 0 Å². The van der Waals surface area contributed by atoms with Crippen LogP contribution in [-0.4, -0.2) is 56.5 Å². The van der Waals surface area contributed by atoms with E-state index in [1.807, 2.05) is 31.2 Å². The molecule has 1 N–H and O–H groups in total. The fraction of sp³-hybridized carbons (Fsp3) is 0.611. The molecule has 1 unspecified atom stereocenters. The summed E-state index contributed by atoms with van der Waals surface area (Å²) in [5.74, 6) is 0.244. The maximum atomic E-state index is 12.5. The third-order valence-electron chi connectivity index (χ3n) is 5.09. The van der Waals surface area contributed by atoms with E-state index in [1.54, 1.807) is 4.90 Å². The van der Waals surface area contributed by atoms with Crippen LogP contribution in [-0.2, 0) is 9.84 Å². The van der Waals surface area contributed by atoms with Crippen LogP contribution in [0.5, 0.6) is 0 Å². The van der Waals surface area contributed by atoms with Crippen molar-refractivity contribution in [2.45, 2.75) is 38.6 Å². The molecule has 6 nitrogen and oxygen atoms in total. The number of anilines is 2. The van der Waals surface area contributed by atoms with Gasteiger partial charge in [0.15, 0.2) is 9.84 Å². The molecule has 0 bridgehead atoms. The molecule has 2 heterocycles. The molecule has 1 aromatic carbocycles. The second-order valence-corrected chi connectivity index (χ2v) is 9.10. The Hall–Kier alpha value is -1.76. The minimum atomic E-state index is -3.00. The van der Waals surface area contributed by atoms with Crippen molar-refractivity contribution in [3.05, 3.63) is 24.3 Å². The van der Waals surface area contributed by atoms with Gasteiger partial charge in [-0.3, -0.25) is 0 Å². The molecule has 2 saturated heterocycles. The fourth-order valence-corrected chi connectivity index (χ4v) is 5.42. The van der Waals surface area contributed by atoms with Crippen LogP contribution in [0.2, 0.25) is 0 Å². The predicted molar refractivity (Wildman–Crippen MR) is 101 cm³/mol. The molecule has 2 amide bonds. The number of carbonyl (C=O) groups excluding carboxylic acids is 1. The van der Waals surface area contributed by atoms with E-state index in [0.29, 0.717) is 13.0 Å². The van der Waals surface area contributed by atoms with E-state index in [-0.39, 0.29) is 23.6 Å². The van der Waals surface area contributed by atoms with E-state index in [1.165, 1.54) is 24.9 Å². The first kappa shape index (κ1) is 18.0. The molecule has 0 radical (unpaired) electrons. The van der Waals surface area contributed by atoms with Crippen molar-refractivity contribution in [1.82, 2.24) is 4.90 Å². The van der Waals surface area contributed by atoms with E-state index in [0.717, 1.165) is 18.8 Å². The maximum absolute atomic E-state index is 12.5. The number of nitrogens with one attached hydrogen (secondary N) is 1. The highest BCUT2D eigenvalue weighted by Crippen LogP contribution is 2.23. The lowest BCUT2D eigenvalue weighted by Gasteiger charge is -2.29. The Labute approximate surface area is 150 Å². The van der Waals surface area contributed by atoms with Gasteiger partial charge in [0.2, 0.25) is 0 Å². The molecule has 2 aliphatic rings. The van der Waals surface area contributed by atoms with Gasteiger partial charge in [-0.25, -0.2) is 13.2 Å². The van der Waals surface area contributed by atoms with Gasteiger partial charge >= 0.3 is 6.03 Å². The van der Waals surface area contributed by atoms with Crippen LogP contribution in [0.3, 0.4) is 0 Å². The molecule has 1 aromatic rings. The number of piperidine rings is 1. The summed E-state index contributed by atoms with van der Waals surface area (Å²) in [4.78, 5) is 16.5. The van der Waals surface area contributed by atoms with Gasteiger partial charge in [0.1, 0.15) is 0 Å². The zero-order valence-electron chi connectivity index (χ0n) is 14.8. The van der Waals surface area contributed by atoms with Crippen molar-refractivity contribution >= 4 is 27.2 Å². The Morgan fingerprint density at radius 3 is 2.44 bits per heavy atom. The summed E-state index contributed by atoms with van der Waals surface area (Å²) in [6.07, 6.45) is 4.29. The second kappa shape index (κ2) is 7.64. The van der Waals surface area contributed by atoms with Crippen molar-refractivity contribution in [2.75, 3.05) is 41.4 Å². The summed E-state index contributed by atoms with van der Waals surface area (Å²) < 4.78 is 23.3. The normalized spacial score (nSPS) is 22.6. The number of benzene rings is 1. The lowest BCUT2D eigenvalue weighted by atomic mass is 10.1. The van der Waals surface area contributed by atoms with Crippen LogP contribution in [0, 0.1) is 0 Å². The zero-order chi connectivity index (χ0) is 17.9. The summed E-state index contributed by atoms with van der Waals surface area (Å²) >= 11 is 0. The smallest absolute Gasteiger partial charge is 0.322 e. The minimum Gasteiger partial charge on any atom is -0.372 e. The molecule has 2 fully saturated rings. The molecular formula is C18H27N3O3S. The van der Waals surface area contributed by atoms with Crippen LogP contribution in [0.4, 0.5) is 16.2 Å². The van der Waals surface area contributed by atoms with Crippen LogP contribution >= 0.6 is 0 Å². The molecule has 0 aliphatic carbocycles. The summed E-state index contributed by atoms with van der Waals surface area (Å²) in [5, 5.41) is 2.90. The lowest BCUT2D eigenvalue weighted by Crippen LogP contribution is -2.43. The summed E-state index contributed by atoms with van der Waals surface area (Å²) in [6, 6.07) is 7.47. The molecule has 3 rings (SSSR count).